The number of halogens is 1. The molecule has 2 heterocycles. The van der Waals surface area contributed by atoms with E-state index in [9.17, 15) is 0 Å². The van der Waals surface area contributed by atoms with Crippen LogP contribution in [0.5, 0.6) is 0 Å². The Morgan fingerprint density at radius 1 is 1.41 bits per heavy atom. The van der Waals surface area contributed by atoms with E-state index in [1.165, 1.54) is 10.4 Å². The number of nitrogens with one attached hydrogen (secondary N) is 1. The molecule has 0 saturated carbocycles. The van der Waals surface area contributed by atoms with E-state index in [2.05, 4.69) is 23.3 Å². The monoisotopic (exact) mass is 266 g/mol. The SMILES string of the molecule is CCc1cccnc1CNCc1cc(Cl)cs1. The Morgan fingerprint density at radius 2 is 2.29 bits per heavy atom. The Bertz CT molecular complexity index is 482. The molecule has 1 N–H and O–H groups in total. The summed E-state index contributed by atoms with van der Waals surface area (Å²) in [6, 6.07) is 6.12. The average molecular weight is 267 g/mol. The molecule has 0 aromatic carbocycles. The van der Waals surface area contributed by atoms with Crippen LogP contribution in [0.4, 0.5) is 0 Å². The van der Waals surface area contributed by atoms with Gasteiger partial charge in [0.25, 0.3) is 0 Å². The summed E-state index contributed by atoms with van der Waals surface area (Å²) in [6.07, 6.45) is 2.87. The highest BCUT2D eigenvalue weighted by Crippen LogP contribution is 2.18. The summed E-state index contributed by atoms with van der Waals surface area (Å²) in [5.41, 5.74) is 2.45. The second-order valence-corrected chi connectivity index (χ2v) is 5.23. The minimum absolute atomic E-state index is 0.805. The molecule has 2 nitrogen and oxygen atoms in total. The minimum atomic E-state index is 0.805. The Balaban J connectivity index is 1.89. The van der Waals surface area contributed by atoms with Gasteiger partial charge < -0.3 is 5.32 Å². The van der Waals surface area contributed by atoms with Gasteiger partial charge in [-0.15, -0.1) is 11.3 Å². The molecule has 0 spiro atoms. The van der Waals surface area contributed by atoms with Gasteiger partial charge in [-0.2, -0.15) is 0 Å². The Morgan fingerprint density at radius 3 is 3.00 bits per heavy atom. The van der Waals surface area contributed by atoms with Gasteiger partial charge in [0.1, 0.15) is 0 Å². The number of pyridine rings is 1. The highest BCUT2D eigenvalue weighted by molar-refractivity contribution is 7.10. The summed E-state index contributed by atoms with van der Waals surface area (Å²) in [6.45, 7) is 3.80. The lowest BCUT2D eigenvalue weighted by Gasteiger charge is -2.07. The molecule has 2 aromatic heterocycles. The molecule has 0 bridgehead atoms. The third-order valence-electron chi connectivity index (χ3n) is 2.58. The van der Waals surface area contributed by atoms with E-state index in [-0.39, 0.29) is 0 Å². The van der Waals surface area contributed by atoms with Crippen molar-refractivity contribution in [1.29, 1.82) is 0 Å². The Labute approximate surface area is 111 Å². The van der Waals surface area contributed by atoms with Crippen molar-refractivity contribution in [3.63, 3.8) is 0 Å². The third-order valence-corrected chi connectivity index (χ3v) is 3.86. The minimum Gasteiger partial charge on any atom is -0.306 e. The summed E-state index contributed by atoms with van der Waals surface area (Å²) in [4.78, 5) is 5.65. The maximum absolute atomic E-state index is 5.87. The van der Waals surface area contributed by atoms with Gasteiger partial charge in [0.15, 0.2) is 0 Å². The largest absolute Gasteiger partial charge is 0.306 e. The molecule has 90 valence electrons. The van der Waals surface area contributed by atoms with Crippen LogP contribution in [0.3, 0.4) is 0 Å². The molecule has 17 heavy (non-hydrogen) atoms. The van der Waals surface area contributed by atoms with Gasteiger partial charge in [-0.3, -0.25) is 4.98 Å². The van der Waals surface area contributed by atoms with Gasteiger partial charge in [0, 0.05) is 29.5 Å². The smallest absolute Gasteiger partial charge is 0.0573 e. The topological polar surface area (TPSA) is 24.9 Å². The second-order valence-electron chi connectivity index (χ2n) is 3.80. The lowest BCUT2D eigenvalue weighted by Crippen LogP contribution is -2.14. The third kappa shape index (κ3) is 3.53. The fourth-order valence-electron chi connectivity index (χ4n) is 1.70. The number of hydrogen-bond acceptors (Lipinski definition) is 3. The van der Waals surface area contributed by atoms with E-state index < -0.39 is 0 Å². The van der Waals surface area contributed by atoms with Gasteiger partial charge in [-0.1, -0.05) is 24.6 Å². The number of nitrogens with zero attached hydrogens (tertiary/aromatic N) is 1. The van der Waals surface area contributed by atoms with Gasteiger partial charge in [-0.25, -0.2) is 0 Å². The predicted octanol–water partition coefficient (Wildman–Crippen LogP) is 3.65. The molecule has 0 fully saturated rings. The molecule has 0 atom stereocenters. The molecule has 0 radical (unpaired) electrons. The van der Waals surface area contributed by atoms with E-state index in [1.54, 1.807) is 11.3 Å². The zero-order valence-corrected chi connectivity index (χ0v) is 11.3. The molecule has 2 aromatic rings. The zero-order valence-electron chi connectivity index (χ0n) is 9.74. The predicted molar refractivity (Wildman–Crippen MR) is 73.5 cm³/mol. The van der Waals surface area contributed by atoms with Crippen molar-refractivity contribution in [1.82, 2.24) is 10.3 Å². The van der Waals surface area contributed by atoms with Crippen LogP contribution < -0.4 is 5.32 Å². The first-order valence-electron chi connectivity index (χ1n) is 5.66. The van der Waals surface area contributed by atoms with Gasteiger partial charge >= 0.3 is 0 Å². The first-order chi connectivity index (χ1) is 8.29. The molecule has 0 aliphatic heterocycles. The Hall–Kier alpha value is -0.900. The fourth-order valence-corrected chi connectivity index (χ4v) is 2.75. The van der Waals surface area contributed by atoms with Crippen LogP contribution in [0.2, 0.25) is 5.02 Å². The van der Waals surface area contributed by atoms with Crippen molar-refractivity contribution >= 4 is 22.9 Å². The molecule has 4 heteroatoms. The molecule has 0 aliphatic carbocycles. The molecule has 0 unspecified atom stereocenters. The number of hydrogen-bond donors (Lipinski definition) is 1. The van der Waals surface area contributed by atoms with E-state index in [0.29, 0.717) is 0 Å². The van der Waals surface area contributed by atoms with E-state index in [0.717, 1.165) is 30.2 Å². The van der Waals surface area contributed by atoms with Crippen molar-refractivity contribution in [3.8, 4) is 0 Å². The van der Waals surface area contributed by atoms with Gasteiger partial charge in [-0.05, 0) is 24.1 Å². The molecule has 0 aliphatic rings. The van der Waals surface area contributed by atoms with Gasteiger partial charge in [0.2, 0.25) is 0 Å². The van der Waals surface area contributed by atoms with Crippen molar-refractivity contribution in [2.24, 2.45) is 0 Å². The summed E-state index contributed by atoms with van der Waals surface area (Å²) >= 11 is 7.55. The summed E-state index contributed by atoms with van der Waals surface area (Å²) in [5.74, 6) is 0. The normalized spacial score (nSPS) is 10.7. The fraction of sp³-hybridized carbons (Fsp3) is 0.308. The number of aryl methyl sites for hydroxylation is 1. The van der Waals surface area contributed by atoms with Crippen molar-refractivity contribution in [3.05, 3.63) is 50.9 Å². The standard InChI is InChI=1S/C13H15ClN2S/c1-2-10-4-3-5-16-13(10)8-15-7-12-6-11(14)9-17-12/h3-6,9,15H,2,7-8H2,1H3. The van der Waals surface area contributed by atoms with E-state index in [4.69, 9.17) is 11.6 Å². The summed E-state index contributed by atoms with van der Waals surface area (Å²) < 4.78 is 0. The lowest BCUT2D eigenvalue weighted by molar-refractivity contribution is 0.680. The maximum atomic E-state index is 5.87. The molecule has 0 amide bonds. The quantitative estimate of drug-likeness (QED) is 0.894. The average Bonchev–Trinajstić information content (AvgIpc) is 2.76. The van der Waals surface area contributed by atoms with E-state index >= 15 is 0 Å². The number of thiophene rings is 1. The van der Waals surface area contributed by atoms with E-state index in [1.807, 2.05) is 23.7 Å². The van der Waals surface area contributed by atoms with Crippen LogP contribution in [0.25, 0.3) is 0 Å². The van der Waals surface area contributed by atoms with Crippen LogP contribution in [-0.4, -0.2) is 4.98 Å². The number of rotatable bonds is 5. The van der Waals surface area contributed by atoms with Crippen LogP contribution >= 0.6 is 22.9 Å². The highest BCUT2D eigenvalue weighted by atomic mass is 35.5. The van der Waals surface area contributed by atoms with Crippen molar-refractivity contribution in [2.45, 2.75) is 26.4 Å². The first-order valence-corrected chi connectivity index (χ1v) is 6.91. The van der Waals surface area contributed by atoms with Crippen LogP contribution in [0.15, 0.2) is 29.8 Å². The van der Waals surface area contributed by atoms with Crippen LogP contribution in [0, 0.1) is 0 Å². The molecule has 2 rings (SSSR count). The summed E-state index contributed by atoms with van der Waals surface area (Å²) in [5, 5.41) is 6.17. The summed E-state index contributed by atoms with van der Waals surface area (Å²) in [7, 11) is 0. The van der Waals surface area contributed by atoms with Gasteiger partial charge in [0.05, 0.1) is 10.7 Å². The highest BCUT2D eigenvalue weighted by Gasteiger charge is 2.02. The molecular formula is C13H15ClN2S. The molecular weight excluding hydrogens is 252 g/mol. The van der Waals surface area contributed by atoms with Crippen LogP contribution in [-0.2, 0) is 19.5 Å². The number of aromatic nitrogens is 1. The lowest BCUT2D eigenvalue weighted by atomic mass is 10.1. The Kier molecular flexibility index (Phi) is 4.54. The molecule has 0 saturated heterocycles. The van der Waals surface area contributed by atoms with Crippen LogP contribution in [0.1, 0.15) is 23.1 Å². The second kappa shape index (κ2) is 6.15. The van der Waals surface area contributed by atoms with Crippen molar-refractivity contribution in [2.75, 3.05) is 0 Å². The zero-order chi connectivity index (χ0) is 12.1. The van der Waals surface area contributed by atoms with Crippen molar-refractivity contribution < 1.29 is 0 Å². The first kappa shape index (κ1) is 12.6. The maximum Gasteiger partial charge on any atom is 0.0573 e.